The average molecular weight is 442 g/mol. The average Bonchev–Trinajstić information content (AvgIpc) is 3.42. The molecule has 6 nitrogen and oxygen atoms in total. The minimum Gasteiger partial charge on any atom is -0.347 e. The van der Waals surface area contributed by atoms with E-state index in [1.165, 1.54) is 12.1 Å². The van der Waals surface area contributed by atoms with Crippen LogP contribution in [0.15, 0.2) is 54.6 Å². The van der Waals surface area contributed by atoms with E-state index in [0.29, 0.717) is 61.2 Å². The zero-order valence-electron chi connectivity index (χ0n) is 16.8. The molecule has 2 aliphatic heterocycles. The number of hydrogen-bond acceptors (Lipinski definition) is 4. The van der Waals surface area contributed by atoms with E-state index in [2.05, 4.69) is 5.10 Å². The standard InChI is InChI=1S/C23H21ClFN3O3/c24-19-4-2-1-3-18(19)20-15-21(28(26-20)17-7-5-16(25)6-8-17)22(29)27-11-9-23(10-12-27)30-13-14-31-23/h1-8,15H,9-14H2. The Labute approximate surface area is 184 Å². The number of halogens is 2. The largest absolute Gasteiger partial charge is 0.347 e. The summed E-state index contributed by atoms with van der Waals surface area (Å²) >= 11 is 6.36. The highest BCUT2D eigenvalue weighted by Gasteiger charge is 2.41. The number of nitrogens with zero attached hydrogens (tertiary/aromatic N) is 3. The van der Waals surface area contributed by atoms with Crippen molar-refractivity contribution in [2.75, 3.05) is 26.3 Å². The van der Waals surface area contributed by atoms with E-state index in [0.717, 1.165) is 5.56 Å². The molecule has 2 fully saturated rings. The van der Waals surface area contributed by atoms with Gasteiger partial charge in [-0.15, -0.1) is 0 Å². The van der Waals surface area contributed by atoms with Crippen molar-refractivity contribution in [2.45, 2.75) is 18.6 Å². The molecule has 2 aromatic carbocycles. The summed E-state index contributed by atoms with van der Waals surface area (Å²) in [7, 11) is 0. The van der Waals surface area contributed by atoms with Crippen LogP contribution in [0.25, 0.3) is 16.9 Å². The fraction of sp³-hybridized carbons (Fsp3) is 0.304. The van der Waals surface area contributed by atoms with Crippen molar-refractivity contribution in [1.29, 1.82) is 0 Å². The van der Waals surface area contributed by atoms with Crippen LogP contribution >= 0.6 is 11.6 Å². The molecule has 1 aromatic heterocycles. The van der Waals surface area contributed by atoms with Gasteiger partial charge in [0.2, 0.25) is 0 Å². The molecule has 0 N–H and O–H groups in total. The molecule has 0 saturated carbocycles. The van der Waals surface area contributed by atoms with Gasteiger partial charge < -0.3 is 14.4 Å². The van der Waals surface area contributed by atoms with Gasteiger partial charge in [-0.1, -0.05) is 29.8 Å². The maximum absolute atomic E-state index is 13.5. The summed E-state index contributed by atoms with van der Waals surface area (Å²) in [5.41, 5.74) is 2.29. The molecule has 2 aliphatic rings. The Morgan fingerprint density at radius 2 is 1.71 bits per heavy atom. The number of carbonyl (C=O) groups is 1. The first-order valence-electron chi connectivity index (χ1n) is 10.2. The highest BCUT2D eigenvalue weighted by molar-refractivity contribution is 6.33. The molecule has 0 unspecified atom stereocenters. The topological polar surface area (TPSA) is 56.6 Å². The third-order valence-electron chi connectivity index (χ3n) is 5.78. The van der Waals surface area contributed by atoms with Crippen LogP contribution in [-0.2, 0) is 9.47 Å². The van der Waals surface area contributed by atoms with Gasteiger partial charge >= 0.3 is 0 Å². The van der Waals surface area contributed by atoms with Crippen LogP contribution in [0.1, 0.15) is 23.3 Å². The van der Waals surface area contributed by atoms with Gasteiger partial charge in [-0.25, -0.2) is 9.07 Å². The molecular weight excluding hydrogens is 421 g/mol. The first kappa shape index (κ1) is 20.2. The summed E-state index contributed by atoms with van der Waals surface area (Å²) in [6, 6.07) is 15.0. The monoisotopic (exact) mass is 441 g/mol. The zero-order chi connectivity index (χ0) is 21.4. The Morgan fingerprint density at radius 3 is 2.39 bits per heavy atom. The van der Waals surface area contributed by atoms with Crippen molar-refractivity contribution in [3.63, 3.8) is 0 Å². The summed E-state index contributed by atoms with van der Waals surface area (Å²) in [5, 5.41) is 5.18. The molecule has 31 heavy (non-hydrogen) atoms. The third-order valence-corrected chi connectivity index (χ3v) is 6.11. The van der Waals surface area contributed by atoms with Crippen LogP contribution in [0.3, 0.4) is 0 Å². The van der Waals surface area contributed by atoms with Crippen molar-refractivity contribution in [3.05, 3.63) is 71.1 Å². The smallest absolute Gasteiger partial charge is 0.272 e. The quantitative estimate of drug-likeness (QED) is 0.607. The second-order valence-corrected chi connectivity index (χ2v) is 8.09. The Hall–Kier alpha value is -2.74. The molecule has 1 amide bonds. The molecule has 3 heterocycles. The van der Waals surface area contributed by atoms with Gasteiger partial charge in [0, 0.05) is 31.5 Å². The van der Waals surface area contributed by atoms with Crippen LogP contribution in [0.2, 0.25) is 5.02 Å². The van der Waals surface area contributed by atoms with E-state index in [-0.39, 0.29) is 11.7 Å². The lowest BCUT2D eigenvalue weighted by Crippen LogP contribution is -2.47. The summed E-state index contributed by atoms with van der Waals surface area (Å²) in [6.07, 6.45) is 1.25. The predicted molar refractivity (Wildman–Crippen MR) is 114 cm³/mol. The minimum atomic E-state index is -0.559. The molecule has 2 saturated heterocycles. The Morgan fingerprint density at radius 1 is 1.03 bits per heavy atom. The lowest BCUT2D eigenvalue weighted by Gasteiger charge is -2.37. The van der Waals surface area contributed by atoms with Crippen LogP contribution < -0.4 is 0 Å². The fourth-order valence-electron chi connectivity index (χ4n) is 4.11. The number of ether oxygens (including phenoxy) is 2. The molecule has 3 aromatic rings. The van der Waals surface area contributed by atoms with E-state index in [1.807, 2.05) is 18.2 Å². The number of rotatable bonds is 3. The Kier molecular flexibility index (Phi) is 5.25. The van der Waals surface area contributed by atoms with Crippen LogP contribution in [0.4, 0.5) is 4.39 Å². The summed E-state index contributed by atoms with van der Waals surface area (Å²) in [4.78, 5) is 15.3. The lowest BCUT2D eigenvalue weighted by molar-refractivity contribution is -0.181. The van der Waals surface area contributed by atoms with Gasteiger partial charge in [-0.05, 0) is 36.4 Å². The molecule has 8 heteroatoms. The second kappa shape index (κ2) is 8.07. The van der Waals surface area contributed by atoms with Gasteiger partial charge in [-0.2, -0.15) is 5.10 Å². The van der Waals surface area contributed by atoms with Gasteiger partial charge in [0.05, 0.1) is 29.6 Å². The van der Waals surface area contributed by atoms with Gasteiger partial charge in [0.15, 0.2) is 5.79 Å². The molecule has 0 bridgehead atoms. The van der Waals surface area contributed by atoms with Crippen molar-refractivity contribution >= 4 is 17.5 Å². The number of piperidine rings is 1. The van der Waals surface area contributed by atoms with E-state index >= 15 is 0 Å². The molecule has 0 radical (unpaired) electrons. The number of carbonyl (C=O) groups excluding carboxylic acids is 1. The highest BCUT2D eigenvalue weighted by Crippen LogP contribution is 2.33. The Bertz CT molecular complexity index is 1100. The zero-order valence-corrected chi connectivity index (χ0v) is 17.5. The van der Waals surface area contributed by atoms with Crippen molar-refractivity contribution in [2.24, 2.45) is 0 Å². The van der Waals surface area contributed by atoms with E-state index in [4.69, 9.17) is 21.1 Å². The Balaban J connectivity index is 1.50. The molecule has 160 valence electrons. The van der Waals surface area contributed by atoms with Gasteiger partial charge in [-0.3, -0.25) is 4.79 Å². The maximum Gasteiger partial charge on any atom is 0.272 e. The van der Waals surface area contributed by atoms with Crippen molar-refractivity contribution < 1.29 is 18.7 Å². The normalized spacial score (nSPS) is 17.9. The SMILES string of the molecule is O=C(c1cc(-c2ccccc2Cl)nn1-c1ccc(F)cc1)N1CCC2(CC1)OCCO2. The predicted octanol–water partition coefficient (Wildman–Crippen LogP) is 4.31. The van der Waals surface area contributed by atoms with Crippen LogP contribution in [-0.4, -0.2) is 52.7 Å². The first-order valence-corrected chi connectivity index (χ1v) is 10.6. The minimum absolute atomic E-state index is 0.150. The molecule has 0 atom stereocenters. The molecule has 1 spiro atoms. The van der Waals surface area contributed by atoms with Crippen LogP contribution in [0, 0.1) is 5.82 Å². The molecular formula is C23H21ClFN3O3. The fourth-order valence-corrected chi connectivity index (χ4v) is 4.34. The second-order valence-electron chi connectivity index (χ2n) is 7.68. The molecule has 5 rings (SSSR count). The number of aromatic nitrogens is 2. The van der Waals surface area contributed by atoms with E-state index in [1.54, 1.807) is 33.8 Å². The summed E-state index contributed by atoms with van der Waals surface area (Å²) in [5.74, 6) is -1.06. The highest BCUT2D eigenvalue weighted by atomic mass is 35.5. The maximum atomic E-state index is 13.5. The van der Waals surface area contributed by atoms with Gasteiger partial charge in [0.25, 0.3) is 5.91 Å². The van der Waals surface area contributed by atoms with E-state index in [9.17, 15) is 9.18 Å². The summed E-state index contributed by atoms with van der Waals surface area (Å²) in [6.45, 7) is 2.22. The van der Waals surface area contributed by atoms with Crippen molar-refractivity contribution in [3.8, 4) is 16.9 Å². The van der Waals surface area contributed by atoms with Crippen LogP contribution in [0.5, 0.6) is 0 Å². The lowest BCUT2D eigenvalue weighted by atomic mass is 10.0. The van der Waals surface area contributed by atoms with Gasteiger partial charge in [0.1, 0.15) is 11.5 Å². The number of likely N-dealkylation sites (tertiary alicyclic amines) is 1. The number of amides is 1. The van der Waals surface area contributed by atoms with Crippen molar-refractivity contribution in [1.82, 2.24) is 14.7 Å². The summed E-state index contributed by atoms with van der Waals surface area (Å²) < 4.78 is 26.6. The number of hydrogen-bond donors (Lipinski definition) is 0. The third kappa shape index (κ3) is 3.84. The molecule has 0 aliphatic carbocycles. The number of benzene rings is 2. The first-order chi connectivity index (χ1) is 15.0. The van der Waals surface area contributed by atoms with E-state index < -0.39 is 5.79 Å².